The van der Waals surface area contributed by atoms with Crippen LogP contribution in [0.3, 0.4) is 0 Å². The molecule has 0 aliphatic carbocycles. The van der Waals surface area contributed by atoms with Gasteiger partial charge in [0.2, 0.25) is 0 Å². The summed E-state index contributed by atoms with van der Waals surface area (Å²) in [5, 5.41) is 13.8. The zero-order valence-corrected chi connectivity index (χ0v) is 11.9. The first kappa shape index (κ1) is 12.5. The number of aromatic nitrogens is 2. The summed E-state index contributed by atoms with van der Waals surface area (Å²) < 4.78 is 1.49. The number of hydrogen-bond donors (Lipinski definition) is 1. The Bertz CT molecular complexity index is 759. The monoisotopic (exact) mass is 292 g/mol. The van der Waals surface area contributed by atoms with Gasteiger partial charge in [-0.1, -0.05) is 6.07 Å². The van der Waals surface area contributed by atoms with Crippen LogP contribution >= 0.6 is 22.7 Å². The van der Waals surface area contributed by atoms with Crippen molar-refractivity contribution in [1.29, 1.82) is 0 Å². The Morgan fingerprint density at radius 1 is 1.47 bits per heavy atom. The molecule has 6 heteroatoms. The number of hydrogen-bond acceptors (Lipinski definition) is 5. The van der Waals surface area contributed by atoms with Crippen molar-refractivity contribution in [1.82, 2.24) is 9.55 Å². The molecule has 0 radical (unpaired) electrons. The van der Waals surface area contributed by atoms with Crippen molar-refractivity contribution in [3.63, 3.8) is 0 Å². The van der Waals surface area contributed by atoms with Crippen LogP contribution in [0, 0.1) is 0 Å². The van der Waals surface area contributed by atoms with Gasteiger partial charge in [-0.25, -0.2) is 4.98 Å². The molecular formula is C13H12N2O2S2. The molecular weight excluding hydrogens is 280 g/mol. The van der Waals surface area contributed by atoms with Crippen LogP contribution in [0.1, 0.15) is 13.0 Å². The Kier molecular flexibility index (Phi) is 3.22. The third-order valence-corrected chi connectivity index (χ3v) is 4.83. The average Bonchev–Trinajstić information content (AvgIpc) is 3.06. The van der Waals surface area contributed by atoms with E-state index in [9.17, 15) is 9.90 Å². The molecule has 0 aromatic carbocycles. The SMILES string of the molecule is C[C@H](CO)n1cnc2scc(-c3cccs3)c2c1=O. The molecule has 3 rings (SSSR count). The van der Waals surface area contributed by atoms with E-state index < -0.39 is 0 Å². The molecule has 0 bridgehead atoms. The Morgan fingerprint density at radius 2 is 2.32 bits per heavy atom. The van der Waals surface area contributed by atoms with Gasteiger partial charge in [-0.15, -0.1) is 22.7 Å². The van der Waals surface area contributed by atoms with Crippen LogP contribution in [0.25, 0.3) is 20.7 Å². The van der Waals surface area contributed by atoms with Crippen molar-refractivity contribution in [3.8, 4) is 10.4 Å². The molecule has 0 saturated heterocycles. The van der Waals surface area contributed by atoms with Crippen LogP contribution in [0.5, 0.6) is 0 Å². The minimum Gasteiger partial charge on any atom is -0.394 e. The Morgan fingerprint density at radius 3 is 3.00 bits per heavy atom. The van der Waals surface area contributed by atoms with Crippen molar-refractivity contribution in [3.05, 3.63) is 39.6 Å². The second-order valence-electron chi connectivity index (χ2n) is 4.30. The number of nitrogens with zero attached hydrogens (tertiary/aromatic N) is 2. The van der Waals surface area contributed by atoms with Crippen molar-refractivity contribution in [2.24, 2.45) is 0 Å². The van der Waals surface area contributed by atoms with Crippen molar-refractivity contribution < 1.29 is 5.11 Å². The van der Waals surface area contributed by atoms with E-state index in [2.05, 4.69) is 4.98 Å². The van der Waals surface area contributed by atoms with E-state index in [1.165, 1.54) is 22.2 Å². The highest BCUT2D eigenvalue weighted by Gasteiger charge is 2.15. The quantitative estimate of drug-likeness (QED) is 0.807. The second-order valence-corrected chi connectivity index (χ2v) is 6.10. The minimum absolute atomic E-state index is 0.0778. The average molecular weight is 292 g/mol. The molecule has 1 N–H and O–H groups in total. The van der Waals surface area contributed by atoms with Crippen molar-refractivity contribution in [2.45, 2.75) is 13.0 Å². The molecule has 0 saturated carbocycles. The van der Waals surface area contributed by atoms with Gasteiger partial charge in [-0.05, 0) is 18.4 Å². The van der Waals surface area contributed by atoms with Crippen LogP contribution in [0.15, 0.2) is 34.0 Å². The lowest BCUT2D eigenvalue weighted by molar-refractivity contribution is 0.236. The van der Waals surface area contributed by atoms with Crippen molar-refractivity contribution in [2.75, 3.05) is 6.61 Å². The molecule has 3 heterocycles. The van der Waals surface area contributed by atoms with E-state index in [0.29, 0.717) is 5.39 Å². The third-order valence-electron chi connectivity index (χ3n) is 3.05. The summed E-state index contributed by atoms with van der Waals surface area (Å²) >= 11 is 3.08. The summed E-state index contributed by atoms with van der Waals surface area (Å²) in [5.74, 6) is 0. The van der Waals surface area contributed by atoms with Gasteiger partial charge in [-0.2, -0.15) is 0 Å². The predicted molar refractivity (Wildman–Crippen MR) is 79.0 cm³/mol. The third kappa shape index (κ3) is 2.01. The highest BCUT2D eigenvalue weighted by Crippen LogP contribution is 2.33. The fourth-order valence-corrected chi connectivity index (χ4v) is 3.68. The van der Waals surface area contributed by atoms with Crippen LogP contribution in [-0.4, -0.2) is 21.3 Å². The van der Waals surface area contributed by atoms with E-state index in [1.807, 2.05) is 22.9 Å². The maximum absolute atomic E-state index is 12.5. The Balaban J connectivity index is 2.29. The lowest BCUT2D eigenvalue weighted by atomic mass is 10.2. The summed E-state index contributed by atoms with van der Waals surface area (Å²) in [4.78, 5) is 18.7. The van der Waals surface area contributed by atoms with E-state index in [0.717, 1.165) is 15.3 Å². The summed E-state index contributed by atoms with van der Waals surface area (Å²) in [6.07, 6.45) is 1.51. The van der Waals surface area contributed by atoms with Crippen LogP contribution in [0.4, 0.5) is 0 Å². The first-order chi connectivity index (χ1) is 9.22. The van der Waals surface area contributed by atoms with Crippen LogP contribution < -0.4 is 5.56 Å². The molecule has 3 aromatic heterocycles. The van der Waals surface area contributed by atoms with Gasteiger partial charge >= 0.3 is 0 Å². The largest absolute Gasteiger partial charge is 0.394 e. The first-order valence-electron chi connectivity index (χ1n) is 5.85. The molecule has 3 aromatic rings. The Labute approximate surface area is 117 Å². The fourth-order valence-electron chi connectivity index (χ4n) is 1.96. The maximum Gasteiger partial charge on any atom is 0.263 e. The van der Waals surface area contributed by atoms with Gasteiger partial charge in [0.15, 0.2) is 0 Å². The number of thiophene rings is 2. The highest BCUT2D eigenvalue weighted by atomic mass is 32.1. The maximum atomic E-state index is 12.5. The van der Waals surface area contributed by atoms with Crippen molar-refractivity contribution >= 4 is 32.9 Å². The molecule has 19 heavy (non-hydrogen) atoms. The number of fused-ring (bicyclic) bond motifs is 1. The van der Waals surface area contributed by atoms with Gasteiger partial charge in [0.1, 0.15) is 4.83 Å². The number of aliphatic hydroxyl groups is 1. The lowest BCUT2D eigenvalue weighted by Gasteiger charge is -2.11. The smallest absolute Gasteiger partial charge is 0.263 e. The zero-order valence-electron chi connectivity index (χ0n) is 10.2. The van der Waals surface area contributed by atoms with Crippen LogP contribution in [0.2, 0.25) is 0 Å². The summed E-state index contributed by atoms with van der Waals surface area (Å²) in [5.41, 5.74) is 0.850. The fraction of sp³-hybridized carbons (Fsp3) is 0.231. The molecule has 98 valence electrons. The van der Waals surface area contributed by atoms with Gasteiger partial charge in [0.25, 0.3) is 5.56 Å². The number of rotatable bonds is 3. The summed E-state index contributed by atoms with van der Waals surface area (Å²) in [6.45, 7) is 1.72. The predicted octanol–water partition coefficient (Wildman–Crippen LogP) is 2.74. The summed E-state index contributed by atoms with van der Waals surface area (Å²) in [7, 11) is 0. The van der Waals surface area contributed by atoms with E-state index in [1.54, 1.807) is 18.3 Å². The standard InChI is InChI=1S/C13H12N2O2S2/c1-8(5-16)15-7-14-12-11(13(15)17)9(6-19-12)10-3-2-4-18-10/h2-4,6-8,16H,5H2,1H3/t8-/m1/s1. The second kappa shape index (κ2) is 4.88. The number of aliphatic hydroxyl groups excluding tert-OH is 1. The Hall–Kier alpha value is -1.50. The van der Waals surface area contributed by atoms with Gasteiger partial charge < -0.3 is 5.11 Å². The molecule has 0 unspecified atom stereocenters. The molecule has 0 aliphatic rings. The lowest BCUT2D eigenvalue weighted by Crippen LogP contribution is -2.25. The first-order valence-corrected chi connectivity index (χ1v) is 7.61. The minimum atomic E-state index is -0.263. The normalized spacial score (nSPS) is 12.9. The molecule has 0 amide bonds. The molecule has 4 nitrogen and oxygen atoms in total. The van der Waals surface area contributed by atoms with Gasteiger partial charge in [0.05, 0.1) is 24.4 Å². The molecule has 0 fully saturated rings. The van der Waals surface area contributed by atoms with Crippen LogP contribution in [-0.2, 0) is 0 Å². The van der Waals surface area contributed by atoms with E-state index >= 15 is 0 Å². The topological polar surface area (TPSA) is 55.1 Å². The molecule has 0 spiro atoms. The summed E-state index contributed by atoms with van der Waals surface area (Å²) in [6, 6.07) is 3.70. The van der Waals surface area contributed by atoms with Gasteiger partial charge in [-0.3, -0.25) is 9.36 Å². The van der Waals surface area contributed by atoms with E-state index in [-0.39, 0.29) is 18.2 Å². The van der Waals surface area contributed by atoms with E-state index in [4.69, 9.17) is 0 Å². The molecule has 0 aliphatic heterocycles. The zero-order chi connectivity index (χ0) is 13.4. The molecule has 1 atom stereocenters. The highest BCUT2D eigenvalue weighted by molar-refractivity contribution is 7.18. The van der Waals surface area contributed by atoms with Gasteiger partial charge in [0, 0.05) is 15.8 Å².